The molecule has 1 N–H and O–H groups in total. The van der Waals surface area contributed by atoms with Gasteiger partial charge in [-0.2, -0.15) is 0 Å². The van der Waals surface area contributed by atoms with Gasteiger partial charge in [0.1, 0.15) is 6.04 Å². The number of rotatable bonds is 4. The minimum Gasteiger partial charge on any atom is -0.376 e. The van der Waals surface area contributed by atoms with Crippen molar-refractivity contribution in [2.45, 2.75) is 31.4 Å². The van der Waals surface area contributed by atoms with Crippen LogP contribution in [-0.2, 0) is 16.0 Å². The molecular weight excluding hydrogens is 256 g/mol. The minimum atomic E-state index is -0.452. The summed E-state index contributed by atoms with van der Waals surface area (Å²) in [6, 6.07) is 8.96. The van der Waals surface area contributed by atoms with Gasteiger partial charge in [0.2, 0.25) is 0 Å². The Labute approximate surface area is 117 Å². The number of nitrogens with one attached hydrogen (secondary N) is 1. The molecule has 2 saturated heterocycles. The lowest BCUT2D eigenvalue weighted by Gasteiger charge is -2.17. The van der Waals surface area contributed by atoms with Crippen LogP contribution in [0, 0.1) is 0 Å². The molecule has 106 valence electrons. The maximum Gasteiger partial charge on any atom is 0.324 e. The lowest BCUT2D eigenvalue weighted by atomic mass is 10.1. The van der Waals surface area contributed by atoms with Crippen LogP contribution < -0.4 is 5.32 Å². The smallest absolute Gasteiger partial charge is 0.324 e. The van der Waals surface area contributed by atoms with E-state index in [1.807, 2.05) is 30.3 Å². The quantitative estimate of drug-likeness (QED) is 0.843. The maximum absolute atomic E-state index is 12.3. The highest BCUT2D eigenvalue weighted by Crippen LogP contribution is 2.17. The summed E-state index contributed by atoms with van der Waals surface area (Å²) in [6.07, 6.45) is 2.45. The maximum atomic E-state index is 12.3. The molecule has 2 atom stereocenters. The van der Waals surface area contributed by atoms with Gasteiger partial charge in [-0.3, -0.25) is 9.69 Å². The molecule has 0 radical (unpaired) electrons. The average Bonchev–Trinajstić information content (AvgIpc) is 3.05. The molecule has 5 nitrogen and oxygen atoms in total. The van der Waals surface area contributed by atoms with Crippen molar-refractivity contribution in [1.82, 2.24) is 10.2 Å². The molecule has 0 saturated carbocycles. The first-order chi connectivity index (χ1) is 9.74. The highest BCUT2D eigenvalue weighted by molar-refractivity contribution is 6.04. The third kappa shape index (κ3) is 2.67. The molecule has 1 aromatic rings. The van der Waals surface area contributed by atoms with Gasteiger partial charge in [0, 0.05) is 13.0 Å². The Morgan fingerprint density at radius 1 is 1.25 bits per heavy atom. The molecule has 3 amide bonds. The van der Waals surface area contributed by atoms with Gasteiger partial charge < -0.3 is 10.1 Å². The Balaban J connectivity index is 1.64. The van der Waals surface area contributed by atoms with Crippen molar-refractivity contribution in [2.75, 3.05) is 13.2 Å². The number of imide groups is 1. The number of ether oxygens (including phenoxy) is 1. The van der Waals surface area contributed by atoms with Gasteiger partial charge in [-0.05, 0) is 18.4 Å². The van der Waals surface area contributed by atoms with Crippen LogP contribution in [0.1, 0.15) is 18.4 Å². The van der Waals surface area contributed by atoms with Crippen LogP contribution in [0.15, 0.2) is 30.3 Å². The van der Waals surface area contributed by atoms with E-state index in [2.05, 4.69) is 5.32 Å². The molecule has 2 heterocycles. The van der Waals surface area contributed by atoms with Crippen LogP contribution in [-0.4, -0.2) is 42.1 Å². The minimum absolute atomic E-state index is 0.000162. The average molecular weight is 274 g/mol. The fraction of sp³-hybridized carbons (Fsp3) is 0.467. The largest absolute Gasteiger partial charge is 0.376 e. The summed E-state index contributed by atoms with van der Waals surface area (Å²) in [5.74, 6) is -0.144. The number of hydrogen-bond donors (Lipinski definition) is 1. The molecule has 0 aromatic heterocycles. The predicted octanol–water partition coefficient (Wildman–Crippen LogP) is 1.33. The summed E-state index contributed by atoms with van der Waals surface area (Å²) in [6.45, 7) is 1.09. The lowest BCUT2D eigenvalue weighted by Crippen LogP contribution is -2.38. The summed E-state index contributed by atoms with van der Waals surface area (Å²) in [5, 5.41) is 2.76. The Bertz CT molecular complexity index is 497. The summed E-state index contributed by atoms with van der Waals surface area (Å²) in [4.78, 5) is 25.5. The Morgan fingerprint density at radius 2 is 2.05 bits per heavy atom. The van der Waals surface area contributed by atoms with Crippen LogP contribution >= 0.6 is 0 Å². The van der Waals surface area contributed by atoms with E-state index in [1.165, 1.54) is 4.90 Å². The van der Waals surface area contributed by atoms with Crippen LogP contribution in [0.2, 0.25) is 0 Å². The molecule has 2 fully saturated rings. The summed E-state index contributed by atoms with van der Waals surface area (Å²) < 4.78 is 5.49. The number of urea groups is 1. The number of hydrogen-bond acceptors (Lipinski definition) is 3. The molecule has 2 unspecified atom stereocenters. The third-order valence-corrected chi connectivity index (χ3v) is 3.80. The first-order valence-corrected chi connectivity index (χ1v) is 7.01. The molecule has 3 rings (SSSR count). The summed E-state index contributed by atoms with van der Waals surface area (Å²) in [7, 11) is 0. The first kappa shape index (κ1) is 13.1. The summed E-state index contributed by atoms with van der Waals surface area (Å²) >= 11 is 0. The van der Waals surface area contributed by atoms with Gasteiger partial charge in [0.25, 0.3) is 5.91 Å². The molecule has 5 heteroatoms. The second-order valence-corrected chi connectivity index (χ2v) is 5.28. The molecule has 0 bridgehead atoms. The van der Waals surface area contributed by atoms with E-state index in [0.29, 0.717) is 13.0 Å². The Hall–Kier alpha value is -1.88. The van der Waals surface area contributed by atoms with Gasteiger partial charge in [0.05, 0.1) is 12.6 Å². The van der Waals surface area contributed by atoms with Crippen molar-refractivity contribution in [1.29, 1.82) is 0 Å². The number of carbonyl (C=O) groups is 2. The van der Waals surface area contributed by atoms with E-state index in [9.17, 15) is 9.59 Å². The SMILES string of the molecule is O=C1NC(Cc2ccccc2)C(=O)N1CC1CCCO1. The second-order valence-electron chi connectivity index (χ2n) is 5.28. The Morgan fingerprint density at radius 3 is 2.75 bits per heavy atom. The van der Waals surface area contributed by atoms with Crippen LogP contribution in [0.25, 0.3) is 0 Å². The monoisotopic (exact) mass is 274 g/mol. The lowest BCUT2D eigenvalue weighted by molar-refractivity contribution is -0.128. The van der Waals surface area contributed by atoms with Crippen LogP contribution in [0.3, 0.4) is 0 Å². The van der Waals surface area contributed by atoms with Gasteiger partial charge in [-0.1, -0.05) is 30.3 Å². The van der Waals surface area contributed by atoms with E-state index < -0.39 is 6.04 Å². The van der Waals surface area contributed by atoms with Gasteiger partial charge in [-0.25, -0.2) is 4.79 Å². The zero-order chi connectivity index (χ0) is 13.9. The zero-order valence-corrected chi connectivity index (χ0v) is 11.2. The summed E-state index contributed by atoms with van der Waals surface area (Å²) in [5.41, 5.74) is 1.05. The van der Waals surface area contributed by atoms with E-state index in [4.69, 9.17) is 4.74 Å². The molecule has 2 aliphatic rings. The first-order valence-electron chi connectivity index (χ1n) is 7.01. The van der Waals surface area contributed by atoms with Gasteiger partial charge in [-0.15, -0.1) is 0 Å². The fourth-order valence-corrected chi connectivity index (χ4v) is 2.73. The van der Waals surface area contributed by atoms with Gasteiger partial charge >= 0.3 is 6.03 Å². The molecule has 20 heavy (non-hydrogen) atoms. The van der Waals surface area contributed by atoms with Crippen molar-refractivity contribution in [3.8, 4) is 0 Å². The third-order valence-electron chi connectivity index (χ3n) is 3.80. The second kappa shape index (κ2) is 5.63. The number of nitrogens with zero attached hydrogens (tertiary/aromatic N) is 1. The number of benzene rings is 1. The molecule has 0 spiro atoms. The van der Waals surface area contributed by atoms with Crippen molar-refractivity contribution < 1.29 is 14.3 Å². The highest BCUT2D eigenvalue weighted by Gasteiger charge is 2.39. The fourth-order valence-electron chi connectivity index (χ4n) is 2.73. The van der Waals surface area contributed by atoms with Crippen molar-refractivity contribution in [2.24, 2.45) is 0 Å². The molecule has 1 aromatic carbocycles. The van der Waals surface area contributed by atoms with E-state index >= 15 is 0 Å². The number of amides is 3. The van der Waals surface area contributed by atoms with Crippen LogP contribution in [0.4, 0.5) is 4.79 Å². The standard InChI is InChI=1S/C15H18N2O3/c18-14-13(9-11-5-2-1-3-6-11)16-15(19)17(14)10-12-7-4-8-20-12/h1-3,5-6,12-13H,4,7-10H2,(H,16,19). The van der Waals surface area contributed by atoms with Crippen molar-refractivity contribution in [3.05, 3.63) is 35.9 Å². The topological polar surface area (TPSA) is 58.6 Å². The van der Waals surface area contributed by atoms with Crippen molar-refractivity contribution >= 4 is 11.9 Å². The predicted molar refractivity (Wildman–Crippen MR) is 73.2 cm³/mol. The van der Waals surface area contributed by atoms with Gasteiger partial charge in [0.15, 0.2) is 0 Å². The molecular formula is C15H18N2O3. The molecule has 0 aliphatic carbocycles. The Kier molecular flexibility index (Phi) is 3.69. The highest BCUT2D eigenvalue weighted by atomic mass is 16.5. The van der Waals surface area contributed by atoms with E-state index in [-0.39, 0.29) is 18.0 Å². The zero-order valence-electron chi connectivity index (χ0n) is 11.2. The molecule has 2 aliphatic heterocycles. The normalized spacial score (nSPS) is 26.1. The van der Waals surface area contributed by atoms with E-state index in [1.54, 1.807) is 0 Å². The number of carbonyl (C=O) groups excluding carboxylic acids is 2. The van der Waals surface area contributed by atoms with E-state index in [0.717, 1.165) is 25.0 Å². The van der Waals surface area contributed by atoms with Crippen molar-refractivity contribution in [3.63, 3.8) is 0 Å². The van der Waals surface area contributed by atoms with Crippen LogP contribution in [0.5, 0.6) is 0 Å².